The molecule has 0 atom stereocenters. The number of likely N-dealkylation sites (tertiary alicyclic amines) is 1. The normalized spacial score (nSPS) is 31.2. The van der Waals surface area contributed by atoms with Crippen LogP contribution in [0.2, 0.25) is 0 Å². The largest absolute Gasteiger partial charge is 0.347 e. The molecule has 3 saturated heterocycles. The fraction of sp³-hybridized carbons (Fsp3) is 1.00. The van der Waals surface area contributed by atoms with Gasteiger partial charge in [0.15, 0.2) is 5.79 Å². The topological polar surface area (TPSA) is 33.7 Å². The monoisotopic (exact) mass is 234 g/mol. The smallest absolute Gasteiger partial charge is 0.170 e. The molecule has 0 aliphatic carbocycles. The Morgan fingerprint density at radius 3 is 2.13 bits per heavy atom. The average molecular weight is 235 g/mol. The van der Waals surface area contributed by atoms with Gasteiger partial charge in [0.1, 0.15) is 0 Å². The summed E-state index contributed by atoms with van der Waals surface area (Å²) in [5.74, 6) is -0.201. The number of halogens is 1. The van der Waals surface area contributed by atoms with Gasteiger partial charge in [0.25, 0.3) is 0 Å². The standard InChI is InChI=1S/C10H18N2O2.ClH/c1-3-12(9-7-11-8-9)4-2-10(1)13-5-6-14-10;/h9,11H,1-8H2;1H. The summed E-state index contributed by atoms with van der Waals surface area (Å²) >= 11 is 0. The van der Waals surface area contributed by atoms with E-state index in [4.69, 9.17) is 9.47 Å². The Bertz CT molecular complexity index is 207. The second-order valence-corrected chi connectivity index (χ2v) is 4.46. The highest BCUT2D eigenvalue weighted by Gasteiger charge is 2.41. The summed E-state index contributed by atoms with van der Waals surface area (Å²) < 4.78 is 11.4. The predicted molar refractivity (Wildman–Crippen MR) is 59.3 cm³/mol. The first kappa shape index (κ1) is 11.6. The van der Waals surface area contributed by atoms with Crippen molar-refractivity contribution < 1.29 is 9.47 Å². The van der Waals surface area contributed by atoms with E-state index in [1.165, 1.54) is 0 Å². The number of hydrogen-bond donors (Lipinski definition) is 1. The minimum atomic E-state index is -0.201. The minimum Gasteiger partial charge on any atom is -0.347 e. The Labute approximate surface area is 96.7 Å². The van der Waals surface area contributed by atoms with Gasteiger partial charge in [-0.3, -0.25) is 4.90 Å². The summed E-state index contributed by atoms with van der Waals surface area (Å²) in [5, 5.41) is 3.32. The summed E-state index contributed by atoms with van der Waals surface area (Å²) in [4.78, 5) is 2.56. The molecule has 0 bridgehead atoms. The van der Waals surface area contributed by atoms with Gasteiger partial charge in [0, 0.05) is 45.1 Å². The Hall–Kier alpha value is 0.130. The predicted octanol–water partition coefficient (Wildman–Crippen LogP) is 0.219. The molecule has 3 aliphatic rings. The zero-order valence-electron chi connectivity index (χ0n) is 8.91. The molecule has 0 aromatic heterocycles. The quantitative estimate of drug-likeness (QED) is 0.704. The molecule has 4 nitrogen and oxygen atoms in total. The van der Waals surface area contributed by atoms with Crippen molar-refractivity contribution in [3.05, 3.63) is 0 Å². The van der Waals surface area contributed by atoms with Gasteiger partial charge in [0.05, 0.1) is 13.2 Å². The summed E-state index contributed by atoms with van der Waals surface area (Å²) in [6.07, 6.45) is 2.09. The van der Waals surface area contributed by atoms with E-state index in [2.05, 4.69) is 10.2 Å². The molecule has 3 fully saturated rings. The van der Waals surface area contributed by atoms with Gasteiger partial charge >= 0.3 is 0 Å². The van der Waals surface area contributed by atoms with Crippen molar-refractivity contribution in [3.63, 3.8) is 0 Å². The van der Waals surface area contributed by atoms with Crippen molar-refractivity contribution in [2.75, 3.05) is 39.4 Å². The fourth-order valence-corrected chi connectivity index (χ4v) is 2.55. The second kappa shape index (κ2) is 4.55. The van der Waals surface area contributed by atoms with Crippen LogP contribution in [0.4, 0.5) is 0 Å². The zero-order chi connectivity index (χ0) is 9.43. The SMILES string of the molecule is C1COC2(CCN(C3CNC3)CC2)O1.Cl. The zero-order valence-corrected chi connectivity index (χ0v) is 9.72. The number of hydrogen-bond acceptors (Lipinski definition) is 4. The van der Waals surface area contributed by atoms with Crippen molar-refractivity contribution in [1.82, 2.24) is 10.2 Å². The maximum Gasteiger partial charge on any atom is 0.170 e. The molecular formula is C10H19ClN2O2. The van der Waals surface area contributed by atoms with Crippen LogP contribution in [-0.4, -0.2) is 56.1 Å². The number of rotatable bonds is 1. The van der Waals surface area contributed by atoms with Crippen molar-refractivity contribution in [2.45, 2.75) is 24.7 Å². The van der Waals surface area contributed by atoms with E-state index in [0.29, 0.717) is 0 Å². The molecule has 0 radical (unpaired) electrons. The third kappa shape index (κ3) is 2.15. The molecule has 0 unspecified atom stereocenters. The summed E-state index contributed by atoms with van der Waals surface area (Å²) in [7, 11) is 0. The van der Waals surface area contributed by atoms with Crippen molar-refractivity contribution in [1.29, 1.82) is 0 Å². The van der Waals surface area contributed by atoms with Gasteiger partial charge in [-0.2, -0.15) is 0 Å². The van der Waals surface area contributed by atoms with Crippen molar-refractivity contribution in [3.8, 4) is 0 Å². The number of nitrogens with one attached hydrogen (secondary N) is 1. The maximum absolute atomic E-state index is 5.70. The lowest BCUT2D eigenvalue weighted by atomic mass is 10.00. The summed E-state index contributed by atoms with van der Waals surface area (Å²) in [6, 6.07) is 0.772. The highest BCUT2D eigenvalue weighted by Crippen LogP contribution is 2.32. The van der Waals surface area contributed by atoms with Crippen LogP contribution in [0.5, 0.6) is 0 Å². The van der Waals surface area contributed by atoms with Crippen LogP contribution in [-0.2, 0) is 9.47 Å². The molecule has 1 N–H and O–H groups in total. The molecule has 3 heterocycles. The van der Waals surface area contributed by atoms with Gasteiger partial charge in [-0.05, 0) is 0 Å². The molecule has 0 saturated carbocycles. The number of nitrogens with zero attached hydrogens (tertiary/aromatic N) is 1. The van der Waals surface area contributed by atoms with E-state index < -0.39 is 0 Å². The van der Waals surface area contributed by atoms with Gasteiger partial charge in [0.2, 0.25) is 0 Å². The Kier molecular flexibility index (Phi) is 3.52. The number of piperidine rings is 1. The maximum atomic E-state index is 5.70. The molecule has 3 aliphatic heterocycles. The van der Waals surface area contributed by atoms with Gasteiger partial charge in [-0.15, -0.1) is 12.4 Å². The van der Waals surface area contributed by atoms with Crippen molar-refractivity contribution >= 4 is 12.4 Å². The van der Waals surface area contributed by atoms with Gasteiger partial charge in [-0.25, -0.2) is 0 Å². The first-order valence-electron chi connectivity index (χ1n) is 5.61. The second-order valence-electron chi connectivity index (χ2n) is 4.46. The Morgan fingerprint density at radius 1 is 1.07 bits per heavy atom. The summed E-state index contributed by atoms with van der Waals surface area (Å²) in [5.41, 5.74) is 0. The van der Waals surface area contributed by atoms with E-state index >= 15 is 0 Å². The van der Waals surface area contributed by atoms with Crippen LogP contribution in [0.3, 0.4) is 0 Å². The molecule has 0 aromatic carbocycles. The van der Waals surface area contributed by atoms with Crippen LogP contribution in [0.1, 0.15) is 12.8 Å². The lowest BCUT2D eigenvalue weighted by Crippen LogP contribution is -2.60. The molecule has 1 spiro atoms. The van der Waals surface area contributed by atoms with Crippen LogP contribution in [0, 0.1) is 0 Å². The lowest BCUT2D eigenvalue weighted by Gasteiger charge is -2.44. The first-order chi connectivity index (χ1) is 6.88. The molecule has 0 aromatic rings. The van der Waals surface area contributed by atoms with E-state index in [9.17, 15) is 0 Å². The molecular weight excluding hydrogens is 216 g/mol. The van der Waals surface area contributed by atoms with Crippen molar-refractivity contribution in [2.24, 2.45) is 0 Å². The number of ether oxygens (including phenoxy) is 2. The van der Waals surface area contributed by atoms with Crippen LogP contribution in [0.15, 0.2) is 0 Å². The van der Waals surface area contributed by atoms with Gasteiger partial charge in [-0.1, -0.05) is 0 Å². The van der Waals surface area contributed by atoms with Crippen LogP contribution < -0.4 is 5.32 Å². The van der Waals surface area contributed by atoms with Crippen LogP contribution in [0.25, 0.3) is 0 Å². The Morgan fingerprint density at radius 2 is 1.67 bits per heavy atom. The fourth-order valence-electron chi connectivity index (χ4n) is 2.55. The van der Waals surface area contributed by atoms with E-state index in [0.717, 1.165) is 58.3 Å². The Balaban J connectivity index is 0.000000853. The lowest BCUT2D eigenvalue weighted by molar-refractivity contribution is -0.188. The minimum absolute atomic E-state index is 0. The average Bonchev–Trinajstić information content (AvgIpc) is 2.55. The molecule has 5 heteroatoms. The van der Waals surface area contributed by atoms with Gasteiger partial charge < -0.3 is 14.8 Å². The summed E-state index contributed by atoms with van der Waals surface area (Å²) in [6.45, 7) is 6.15. The van der Waals surface area contributed by atoms with Crippen LogP contribution >= 0.6 is 12.4 Å². The van der Waals surface area contributed by atoms with E-state index in [1.54, 1.807) is 0 Å². The third-order valence-corrected chi connectivity index (χ3v) is 3.65. The van der Waals surface area contributed by atoms with E-state index in [-0.39, 0.29) is 18.2 Å². The molecule has 3 rings (SSSR count). The first-order valence-corrected chi connectivity index (χ1v) is 5.61. The molecule has 15 heavy (non-hydrogen) atoms. The highest BCUT2D eigenvalue weighted by atomic mass is 35.5. The molecule has 88 valence electrons. The highest BCUT2D eigenvalue weighted by molar-refractivity contribution is 5.85. The molecule has 0 amide bonds. The third-order valence-electron chi connectivity index (χ3n) is 3.65. The van der Waals surface area contributed by atoms with E-state index in [1.807, 2.05) is 0 Å².